The molecule has 13 nitrogen and oxygen atoms in total. The van der Waals surface area contributed by atoms with Gasteiger partial charge in [-0.05, 0) is 128 Å². The molecule has 6 aromatic rings. The summed E-state index contributed by atoms with van der Waals surface area (Å²) in [4.78, 5) is -0.781. The number of hydrogen-bond acceptors (Lipinski definition) is 10. The third-order valence-corrected chi connectivity index (χ3v) is 20.7. The molecule has 0 radical (unpaired) electrons. The van der Waals surface area contributed by atoms with Crippen molar-refractivity contribution in [3.05, 3.63) is 162 Å². The van der Waals surface area contributed by atoms with Crippen LogP contribution in [-0.4, -0.2) is 42.4 Å². The molecular weight excluding hydrogens is 1110 g/mol. The van der Waals surface area contributed by atoms with Crippen molar-refractivity contribution in [3.8, 4) is 33.4 Å². The van der Waals surface area contributed by atoms with Gasteiger partial charge in [-0.1, -0.05) is 173 Å². The van der Waals surface area contributed by atoms with Crippen LogP contribution in [0.25, 0.3) is 33.4 Å². The quantitative estimate of drug-likeness (QED) is 0.0389. The molecule has 0 saturated heterocycles. The topological polar surface area (TPSA) is 183 Å². The maximum atomic E-state index is 17.2. The van der Waals surface area contributed by atoms with Gasteiger partial charge >= 0.3 is 7.82 Å². The van der Waals surface area contributed by atoms with Crippen molar-refractivity contribution in [1.29, 1.82) is 0 Å². The Morgan fingerprint density at radius 3 is 0.750 bits per heavy atom. The molecular formula is C60H75F3N3O10PS3. The molecule has 0 heterocycles. The van der Waals surface area contributed by atoms with Crippen LogP contribution in [0.4, 0.5) is 13.2 Å². The zero-order valence-electron chi connectivity index (χ0n) is 48.0. The van der Waals surface area contributed by atoms with E-state index in [4.69, 9.17) is 13.6 Å². The summed E-state index contributed by atoms with van der Waals surface area (Å²) >= 11 is 0. The molecule has 80 heavy (non-hydrogen) atoms. The number of nitrogens with one attached hydrogen (secondary N) is 3. The van der Waals surface area contributed by atoms with Gasteiger partial charge in [-0.15, -0.1) is 0 Å². The number of hydrogen-bond donors (Lipinski definition) is 3. The lowest BCUT2D eigenvalue weighted by molar-refractivity contribution is -0.141. The van der Waals surface area contributed by atoms with Crippen LogP contribution in [-0.2, 0) is 48.2 Å². The molecule has 3 N–H and O–H groups in total. The smallest absolute Gasteiger partial charge is 0.263 e. The van der Waals surface area contributed by atoms with E-state index in [1.165, 1.54) is 91.0 Å². The Bertz CT molecular complexity index is 3180. The van der Waals surface area contributed by atoms with E-state index >= 15 is 29.8 Å². The van der Waals surface area contributed by atoms with E-state index in [0.717, 1.165) is 0 Å². The van der Waals surface area contributed by atoms with E-state index in [1.54, 1.807) is 140 Å². The van der Waals surface area contributed by atoms with Crippen LogP contribution in [0.1, 0.15) is 99.8 Å². The third-order valence-electron chi connectivity index (χ3n) is 14.6. The summed E-state index contributed by atoms with van der Waals surface area (Å²) in [7, 11) is -20.2. The van der Waals surface area contributed by atoms with E-state index in [9.17, 15) is 13.2 Å². The molecule has 20 heteroatoms. The second kappa shape index (κ2) is 24.4. The van der Waals surface area contributed by atoms with Crippen molar-refractivity contribution in [2.75, 3.05) is 0 Å². The second-order valence-electron chi connectivity index (χ2n) is 22.4. The van der Waals surface area contributed by atoms with E-state index in [2.05, 4.69) is 14.2 Å². The van der Waals surface area contributed by atoms with E-state index < -0.39 is 108 Å². The third kappa shape index (κ3) is 13.7. The first-order valence-corrected chi connectivity index (χ1v) is 32.4. The monoisotopic (exact) mass is 1180 g/mol. The molecule has 0 atom stereocenters. The summed E-state index contributed by atoms with van der Waals surface area (Å²) in [6.45, 7) is 24.5. The Morgan fingerprint density at radius 2 is 0.562 bits per heavy atom. The Kier molecular flexibility index (Phi) is 19.6. The molecule has 434 valence electrons. The molecule has 0 unspecified atom stereocenters. The predicted molar refractivity (Wildman–Crippen MR) is 309 cm³/mol. The predicted octanol–water partition coefficient (Wildman–Crippen LogP) is 14.4. The van der Waals surface area contributed by atoms with Crippen LogP contribution >= 0.6 is 7.82 Å². The van der Waals surface area contributed by atoms with Crippen LogP contribution < -0.4 is 14.2 Å². The van der Waals surface area contributed by atoms with Crippen molar-refractivity contribution < 1.29 is 56.6 Å². The molecule has 0 fully saturated rings. The fourth-order valence-corrected chi connectivity index (χ4v) is 18.1. The van der Waals surface area contributed by atoms with Crippen LogP contribution in [0.3, 0.4) is 0 Å². The summed E-state index contributed by atoms with van der Waals surface area (Å²) in [6.07, 6.45) is 0. The lowest BCUT2D eigenvalue weighted by Gasteiger charge is -2.49. The Morgan fingerprint density at radius 1 is 0.362 bits per heavy atom. The average Bonchev–Trinajstić information content (AvgIpc) is 3.35. The highest BCUT2D eigenvalue weighted by Gasteiger charge is 2.59. The van der Waals surface area contributed by atoms with E-state index in [-0.39, 0.29) is 31.4 Å². The zero-order chi connectivity index (χ0) is 59.7. The Labute approximate surface area is 472 Å². The van der Waals surface area contributed by atoms with E-state index in [0.29, 0.717) is 33.4 Å². The number of benzene rings is 6. The first-order chi connectivity index (χ1) is 37.0. The number of phosphoric acid groups is 1. The van der Waals surface area contributed by atoms with Gasteiger partial charge < -0.3 is 0 Å². The minimum atomic E-state index is -5.80. The van der Waals surface area contributed by atoms with Gasteiger partial charge in [0.1, 0.15) is 34.6 Å². The maximum absolute atomic E-state index is 17.2. The van der Waals surface area contributed by atoms with Gasteiger partial charge in [-0.25, -0.2) is 43.0 Å². The number of phosphoric ester groups is 1. The lowest BCUT2D eigenvalue weighted by Crippen LogP contribution is -2.62. The molecule has 6 rings (SSSR count). The van der Waals surface area contributed by atoms with Gasteiger partial charge in [0.05, 0.1) is 14.7 Å². The zero-order valence-corrected chi connectivity index (χ0v) is 51.3. The number of halogens is 3. The standard InChI is InChI=1S/C60H75F3N3O10PS3/c1-37(2)58(38(3)4,64-78(68,69)55-31-16-43(13)34-52(55)46-19-25-49(61)26-20-46)74-77(67,75-59(39(5)6,40(7)8)65-79(70,71)56-32-17-44(14)35-53(56)47-21-27-50(62)28-22-47)76-60(41(9)10,42(11)12)66-80(72,73)57-33-18-45(15)36-54(57)48-23-29-51(63)30-24-48/h16-42,64-66H,1-15H3. The minimum absolute atomic E-state index is 0.197. The van der Waals surface area contributed by atoms with Crippen LogP contribution in [0.15, 0.2) is 142 Å². The summed E-state index contributed by atoms with van der Waals surface area (Å²) in [5, 5.41) is 0. The van der Waals surface area contributed by atoms with Crippen LogP contribution in [0, 0.1) is 73.7 Å². The van der Waals surface area contributed by atoms with Crippen molar-refractivity contribution in [2.24, 2.45) is 35.5 Å². The maximum Gasteiger partial charge on any atom is 0.480 e. The highest BCUT2D eigenvalue weighted by molar-refractivity contribution is 7.90. The fourth-order valence-electron chi connectivity index (χ4n) is 10.0. The van der Waals surface area contributed by atoms with Gasteiger partial charge in [0.25, 0.3) is 0 Å². The fraction of sp³-hybridized carbons (Fsp3) is 0.400. The SMILES string of the molecule is Cc1ccc(S(=O)(=O)NC(OP(=O)(OC(NS(=O)(=O)c2ccc(C)cc2-c2ccc(F)cc2)(C(C)C)C(C)C)OC(NS(=O)(=O)c2ccc(C)cc2-c2ccc(F)cc2)(C(C)C)C(C)C)(C(C)C)C(C)C)c(-c2ccc(F)cc2)c1. The highest BCUT2D eigenvalue weighted by atomic mass is 32.2. The summed E-state index contributed by atoms with van der Waals surface area (Å²) in [6, 6.07) is 29.5. The van der Waals surface area contributed by atoms with Gasteiger partial charge in [0.15, 0.2) is 0 Å². The summed E-state index contributed by atoms with van der Waals surface area (Å²) < 4.78 is 181. The largest absolute Gasteiger partial charge is 0.480 e. The summed E-state index contributed by atoms with van der Waals surface area (Å²) in [5.74, 6) is -7.46. The molecule has 0 spiro atoms. The number of sulfonamides is 3. The van der Waals surface area contributed by atoms with Gasteiger partial charge in [-0.2, -0.15) is 14.2 Å². The minimum Gasteiger partial charge on any atom is -0.263 e. The molecule has 0 aliphatic heterocycles. The molecule has 0 saturated carbocycles. The summed E-state index contributed by atoms with van der Waals surface area (Å²) in [5.41, 5.74) is -3.22. The second-order valence-corrected chi connectivity index (χ2v) is 28.8. The normalized spacial score (nSPS) is 13.4. The van der Waals surface area contributed by atoms with Crippen molar-refractivity contribution >= 4 is 37.9 Å². The van der Waals surface area contributed by atoms with Crippen LogP contribution in [0.2, 0.25) is 0 Å². The molecule has 6 aromatic carbocycles. The Balaban J connectivity index is 1.63. The average molecular weight is 1180 g/mol. The van der Waals surface area contributed by atoms with Crippen LogP contribution in [0.5, 0.6) is 0 Å². The lowest BCUT2D eigenvalue weighted by atomic mass is 9.89. The van der Waals surface area contributed by atoms with Crippen molar-refractivity contribution in [3.63, 3.8) is 0 Å². The van der Waals surface area contributed by atoms with Gasteiger partial charge in [0.2, 0.25) is 30.1 Å². The molecule has 0 aliphatic carbocycles. The van der Waals surface area contributed by atoms with E-state index in [1.807, 2.05) is 0 Å². The van der Waals surface area contributed by atoms with Gasteiger partial charge in [0, 0.05) is 16.7 Å². The molecule has 0 bridgehead atoms. The number of rotatable bonds is 24. The Hall–Kier alpha value is -5.05. The molecule has 0 aliphatic rings. The molecule has 0 aromatic heterocycles. The van der Waals surface area contributed by atoms with Crippen molar-refractivity contribution in [1.82, 2.24) is 14.2 Å². The van der Waals surface area contributed by atoms with Gasteiger partial charge in [-0.3, -0.25) is 13.6 Å². The van der Waals surface area contributed by atoms with Crippen molar-refractivity contribution in [2.45, 2.75) is 136 Å². The molecule has 0 amide bonds. The first kappa shape index (κ1) is 64.1. The first-order valence-electron chi connectivity index (χ1n) is 26.5. The highest BCUT2D eigenvalue weighted by Crippen LogP contribution is 2.63. The number of aryl methyl sites for hydroxylation is 3.